The Bertz CT molecular complexity index is 353. The molecule has 114 valence electrons. The van der Waals surface area contributed by atoms with Crippen LogP contribution in [0.15, 0.2) is 0 Å². The van der Waals surface area contributed by atoms with Crippen molar-refractivity contribution in [3.05, 3.63) is 0 Å². The molecule has 0 aromatic carbocycles. The minimum absolute atomic E-state index is 0.198. The quantitative estimate of drug-likeness (QED) is 0.606. The zero-order valence-electron chi connectivity index (χ0n) is 11.7. The number of carbonyl (C=O) groups is 3. The first-order chi connectivity index (χ1) is 9.54. The molecule has 0 saturated carbocycles. The predicted molar refractivity (Wildman–Crippen MR) is 71.0 cm³/mol. The molecule has 0 aromatic heterocycles. The summed E-state index contributed by atoms with van der Waals surface area (Å²) in [4.78, 5) is 34.1. The highest BCUT2D eigenvalue weighted by molar-refractivity contribution is 5.87. The van der Waals surface area contributed by atoms with E-state index in [9.17, 15) is 19.5 Å². The predicted octanol–water partition coefficient (Wildman–Crippen LogP) is -0.101. The highest BCUT2D eigenvalue weighted by Gasteiger charge is 2.31. The van der Waals surface area contributed by atoms with Crippen molar-refractivity contribution < 1.29 is 24.2 Å². The van der Waals surface area contributed by atoms with Crippen molar-refractivity contribution >= 4 is 17.8 Å². The minimum atomic E-state index is -1.08. The van der Waals surface area contributed by atoms with Gasteiger partial charge in [0.05, 0.1) is 13.2 Å². The van der Waals surface area contributed by atoms with Crippen LogP contribution in [0.1, 0.15) is 32.6 Å². The standard InChI is InChI=1S/C13H22N2O5/c1-2-4-10(16)14-7-11(17)15-12(13(18)19)9-5-3-6-20-8-9/h9,12H,2-8H2,1H3,(H,14,16)(H,15,17)(H,18,19). The summed E-state index contributed by atoms with van der Waals surface area (Å²) in [6, 6.07) is -0.967. The SMILES string of the molecule is CCCC(=O)NCC(=O)NC(C(=O)O)C1CCCOC1. The van der Waals surface area contributed by atoms with Crippen molar-refractivity contribution in [2.45, 2.75) is 38.6 Å². The van der Waals surface area contributed by atoms with Crippen LogP contribution in [0, 0.1) is 5.92 Å². The van der Waals surface area contributed by atoms with Gasteiger partial charge in [0.1, 0.15) is 6.04 Å². The second-order valence-corrected chi connectivity index (χ2v) is 4.89. The number of hydrogen-bond acceptors (Lipinski definition) is 4. The molecule has 20 heavy (non-hydrogen) atoms. The Morgan fingerprint density at radius 2 is 2.10 bits per heavy atom. The van der Waals surface area contributed by atoms with Gasteiger partial charge in [-0.2, -0.15) is 0 Å². The van der Waals surface area contributed by atoms with Crippen LogP contribution in [0.25, 0.3) is 0 Å². The van der Waals surface area contributed by atoms with Crippen LogP contribution in [0.2, 0.25) is 0 Å². The van der Waals surface area contributed by atoms with Crippen LogP contribution >= 0.6 is 0 Å². The molecule has 2 unspecified atom stereocenters. The maximum absolute atomic E-state index is 11.7. The molecule has 1 fully saturated rings. The molecule has 0 aromatic rings. The second-order valence-electron chi connectivity index (χ2n) is 4.89. The molecule has 2 amide bonds. The molecule has 3 N–H and O–H groups in total. The van der Waals surface area contributed by atoms with Crippen molar-refractivity contribution in [3.8, 4) is 0 Å². The van der Waals surface area contributed by atoms with Gasteiger partial charge in [0.25, 0.3) is 0 Å². The lowest BCUT2D eigenvalue weighted by atomic mass is 9.93. The zero-order chi connectivity index (χ0) is 15.0. The maximum Gasteiger partial charge on any atom is 0.326 e. The van der Waals surface area contributed by atoms with E-state index in [-0.39, 0.29) is 18.4 Å². The molecule has 7 heteroatoms. The Hall–Kier alpha value is -1.63. The fraction of sp³-hybridized carbons (Fsp3) is 0.769. The number of amides is 2. The monoisotopic (exact) mass is 286 g/mol. The number of carbonyl (C=O) groups excluding carboxylic acids is 2. The molecular weight excluding hydrogens is 264 g/mol. The van der Waals surface area contributed by atoms with E-state index in [1.165, 1.54) is 0 Å². The van der Waals surface area contributed by atoms with Gasteiger partial charge in [-0.05, 0) is 19.3 Å². The first-order valence-corrected chi connectivity index (χ1v) is 6.91. The highest BCUT2D eigenvalue weighted by atomic mass is 16.5. The first-order valence-electron chi connectivity index (χ1n) is 6.91. The van der Waals surface area contributed by atoms with Crippen LogP contribution in [-0.2, 0) is 19.1 Å². The summed E-state index contributed by atoms with van der Waals surface area (Å²) in [5.41, 5.74) is 0. The van der Waals surface area contributed by atoms with Crippen molar-refractivity contribution in [2.24, 2.45) is 5.92 Å². The maximum atomic E-state index is 11.7. The number of aliphatic carboxylic acids is 1. The van der Waals surface area contributed by atoms with Gasteiger partial charge in [-0.3, -0.25) is 9.59 Å². The molecule has 1 aliphatic heterocycles. The van der Waals surface area contributed by atoms with E-state index in [0.29, 0.717) is 32.5 Å². The van der Waals surface area contributed by atoms with Gasteiger partial charge >= 0.3 is 5.97 Å². The zero-order valence-corrected chi connectivity index (χ0v) is 11.7. The molecule has 1 heterocycles. The lowest BCUT2D eigenvalue weighted by molar-refractivity contribution is -0.145. The number of nitrogens with one attached hydrogen (secondary N) is 2. The molecule has 7 nitrogen and oxygen atoms in total. The van der Waals surface area contributed by atoms with E-state index < -0.39 is 17.9 Å². The summed E-state index contributed by atoms with van der Waals surface area (Å²) in [5.74, 6) is -2.01. The lowest BCUT2D eigenvalue weighted by Crippen LogP contribution is -2.50. The third-order valence-corrected chi connectivity index (χ3v) is 3.17. The van der Waals surface area contributed by atoms with Crippen molar-refractivity contribution in [1.82, 2.24) is 10.6 Å². The van der Waals surface area contributed by atoms with Crippen molar-refractivity contribution in [2.75, 3.05) is 19.8 Å². The summed E-state index contributed by atoms with van der Waals surface area (Å²) in [6.07, 6.45) is 2.55. The molecule has 0 bridgehead atoms. The molecule has 0 spiro atoms. The van der Waals surface area contributed by atoms with Crippen molar-refractivity contribution in [3.63, 3.8) is 0 Å². The fourth-order valence-electron chi connectivity index (χ4n) is 2.13. The van der Waals surface area contributed by atoms with E-state index in [2.05, 4.69) is 10.6 Å². The van der Waals surface area contributed by atoms with Crippen LogP contribution in [0.3, 0.4) is 0 Å². The van der Waals surface area contributed by atoms with Gasteiger partial charge in [0.15, 0.2) is 0 Å². The molecule has 2 atom stereocenters. The Labute approximate surface area is 118 Å². The summed E-state index contributed by atoms with van der Waals surface area (Å²) in [7, 11) is 0. The largest absolute Gasteiger partial charge is 0.480 e. The smallest absolute Gasteiger partial charge is 0.326 e. The van der Waals surface area contributed by atoms with Crippen LogP contribution in [0.4, 0.5) is 0 Å². The summed E-state index contributed by atoms with van der Waals surface area (Å²) >= 11 is 0. The summed E-state index contributed by atoms with van der Waals surface area (Å²) in [5, 5.41) is 14.1. The number of rotatable bonds is 7. The third-order valence-electron chi connectivity index (χ3n) is 3.17. The molecule has 0 aliphatic carbocycles. The van der Waals surface area contributed by atoms with E-state index >= 15 is 0 Å². The van der Waals surface area contributed by atoms with Crippen LogP contribution < -0.4 is 10.6 Å². The molecular formula is C13H22N2O5. The van der Waals surface area contributed by atoms with Gasteiger partial charge in [-0.1, -0.05) is 6.92 Å². The van der Waals surface area contributed by atoms with E-state index in [1.54, 1.807) is 0 Å². The van der Waals surface area contributed by atoms with Crippen LogP contribution in [-0.4, -0.2) is 48.7 Å². The van der Waals surface area contributed by atoms with Crippen LogP contribution in [0.5, 0.6) is 0 Å². The Kier molecular flexibility index (Phi) is 7.00. The first kappa shape index (κ1) is 16.4. The normalized spacial score (nSPS) is 19.9. The topological polar surface area (TPSA) is 105 Å². The second kappa shape index (κ2) is 8.52. The van der Waals surface area contributed by atoms with Crippen molar-refractivity contribution in [1.29, 1.82) is 0 Å². The highest BCUT2D eigenvalue weighted by Crippen LogP contribution is 2.17. The summed E-state index contributed by atoms with van der Waals surface area (Å²) < 4.78 is 5.24. The van der Waals surface area contributed by atoms with Gasteiger partial charge < -0.3 is 20.5 Å². The van der Waals surface area contributed by atoms with Gasteiger partial charge in [0, 0.05) is 18.9 Å². The Morgan fingerprint density at radius 3 is 2.65 bits per heavy atom. The molecule has 1 rings (SSSR count). The molecule has 1 saturated heterocycles. The molecule has 0 radical (unpaired) electrons. The van der Waals surface area contributed by atoms with Gasteiger partial charge in [-0.25, -0.2) is 4.79 Å². The van der Waals surface area contributed by atoms with E-state index in [1.807, 2.05) is 6.92 Å². The Balaban J connectivity index is 2.42. The number of hydrogen-bond donors (Lipinski definition) is 3. The van der Waals surface area contributed by atoms with Gasteiger partial charge in [0.2, 0.25) is 11.8 Å². The number of carboxylic acids is 1. The number of ether oxygens (including phenoxy) is 1. The average molecular weight is 286 g/mol. The van der Waals surface area contributed by atoms with E-state index in [0.717, 1.165) is 6.42 Å². The van der Waals surface area contributed by atoms with E-state index in [4.69, 9.17) is 4.74 Å². The lowest BCUT2D eigenvalue weighted by Gasteiger charge is -2.28. The van der Waals surface area contributed by atoms with Gasteiger partial charge in [-0.15, -0.1) is 0 Å². The number of carboxylic acid groups (broad SMARTS) is 1. The molecule has 1 aliphatic rings. The average Bonchev–Trinajstić information content (AvgIpc) is 2.43. The third kappa shape index (κ3) is 5.56. The summed E-state index contributed by atoms with van der Waals surface area (Å²) in [6.45, 7) is 2.63. The fourth-order valence-corrected chi connectivity index (χ4v) is 2.13. The Morgan fingerprint density at radius 1 is 1.35 bits per heavy atom. The minimum Gasteiger partial charge on any atom is -0.480 e.